The molecule has 2 fully saturated rings. The van der Waals surface area contributed by atoms with Crippen LogP contribution in [0, 0.1) is 11.8 Å². The van der Waals surface area contributed by atoms with E-state index in [1.807, 2.05) is 4.90 Å². The number of carboxylic acid groups (broad SMARTS) is 1. The van der Waals surface area contributed by atoms with Crippen LogP contribution in [0.4, 0.5) is 0 Å². The van der Waals surface area contributed by atoms with E-state index in [0.29, 0.717) is 12.5 Å². The molecule has 1 saturated heterocycles. The van der Waals surface area contributed by atoms with E-state index in [1.54, 1.807) is 0 Å². The molecule has 19 heavy (non-hydrogen) atoms. The molecule has 0 aromatic carbocycles. The number of carbonyl (C=O) groups excluding carboxylic acids is 1. The summed E-state index contributed by atoms with van der Waals surface area (Å²) < 4.78 is 0. The third-order valence-corrected chi connectivity index (χ3v) is 4.44. The summed E-state index contributed by atoms with van der Waals surface area (Å²) in [4.78, 5) is 25.1. The number of hydrogen-bond donors (Lipinski definition) is 2. The smallest absolute Gasteiger partial charge is 0.321 e. The van der Waals surface area contributed by atoms with E-state index in [1.165, 1.54) is 0 Å². The summed E-state index contributed by atoms with van der Waals surface area (Å²) in [6, 6.07) is -0.454. The van der Waals surface area contributed by atoms with E-state index in [4.69, 9.17) is 0 Å². The zero-order chi connectivity index (χ0) is 13.8. The van der Waals surface area contributed by atoms with Gasteiger partial charge in [-0.05, 0) is 31.1 Å². The monoisotopic (exact) mass is 268 g/mol. The Morgan fingerprint density at radius 2 is 2.16 bits per heavy atom. The summed E-state index contributed by atoms with van der Waals surface area (Å²) in [7, 11) is 0. The first-order valence-electron chi connectivity index (χ1n) is 7.37. The SMILES string of the molecule is CCCCNC(=O)CN1CC2CCCC2C1C(=O)O. The minimum atomic E-state index is -0.768. The van der Waals surface area contributed by atoms with Crippen molar-refractivity contribution < 1.29 is 14.7 Å². The third-order valence-electron chi connectivity index (χ3n) is 4.44. The van der Waals surface area contributed by atoms with Crippen LogP contribution in [0.3, 0.4) is 0 Å². The largest absolute Gasteiger partial charge is 0.480 e. The summed E-state index contributed by atoms with van der Waals surface area (Å²) >= 11 is 0. The molecule has 0 spiro atoms. The molecule has 1 aliphatic carbocycles. The Hall–Kier alpha value is -1.10. The normalized spacial score (nSPS) is 30.3. The van der Waals surface area contributed by atoms with Gasteiger partial charge < -0.3 is 10.4 Å². The quantitative estimate of drug-likeness (QED) is 0.707. The molecule has 3 atom stereocenters. The standard InChI is InChI=1S/C14H24N2O3/c1-2-3-7-15-12(17)9-16-8-10-5-4-6-11(10)13(16)14(18)19/h10-11,13H,2-9H2,1H3,(H,15,17)(H,18,19). The molecule has 1 aliphatic heterocycles. The van der Waals surface area contributed by atoms with E-state index in [0.717, 1.165) is 38.6 Å². The Morgan fingerprint density at radius 3 is 2.84 bits per heavy atom. The highest BCUT2D eigenvalue weighted by atomic mass is 16.4. The van der Waals surface area contributed by atoms with Crippen molar-refractivity contribution in [3.8, 4) is 0 Å². The molecular weight excluding hydrogens is 244 g/mol. The van der Waals surface area contributed by atoms with Crippen LogP contribution in [0.15, 0.2) is 0 Å². The number of nitrogens with one attached hydrogen (secondary N) is 1. The van der Waals surface area contributed by atoms with E-state index in [-0.39, 0.29) is 18.4 Å². The molecule has 0 aromatic rings. The van der Waals surface area contributed by atoms with Crippen LogP contribution in [0.25, 0.3) is 0 Å². The van der Waals surface area contributed by atoms with Crippen LogP contribution in [0.5, 0.6) is 0 Å². The first-order valence-corrected chi connectivity index (χ1v) is 7.37. The minimum Gasteiger partial charge on any atom is -0.480 e. The number of carboxylic acids is 1. The number of fused-ring (bicyclic) bond motifs is 1. The number of likely N-dealkylation sites (tertiary alicyclic amines) is 1. The molecule has 0 radical (unpaired) electrons. The van der Waals surface area contributed by atoms with Crippen LogP contribution in [0.2, 0.25) is 0 Å². The Morgan fingerprint density at radius 1 is 1.37 bits per heavy atom. The summed E-state index contributed by atoms with van der Waals surface area (Å²) in [5.41, 5.74) is 0. The molecule has 5 nitrogen and oxygen atoms in total. The van der Waals surface area contributed by atoms with Crippen LogP contribution in [0.1, 0.15) is 39.0 Å². The highest BCUT2D eigenvalue weighted by molar-refractivity contribution is 5.80. The van der Waals surface area contributed by atoms with Gasteiger partial charge >= 0.3 is 5.97 Å². The summed E-state index contributed by atoms with van der Waals surface area (Å²) in [6.07, 6.45) is 5.26. The maximum atomic E-state index is 11.8. The van der Waals surface area contributed by atoms with Gasteiger partial charge in [0.2, 0.25) is 5.91 Å². The molecule has 1 saturated carbocycles. The summed E-state index contributed by atoms with van der Waals surface area (Å²) in [5, 5.41) is 12.2. The van der Waals surface area contributed by atoms with Crippen LogP contribution in [-0.4, -0.2) is 47.6 Å². The second kappa shape index (κ2) is 6.37. The lowest BCUT2D eigenvalue weighted by molar-refractivity contribution is -0.144. The van der Waals surface area contributed by atoms with Gasteiger partial charge in [-0.15, -0.1) is 0 Å². The lowest BCUT2D eigenvalue weighted by atomic mass is 9.94. The number of rotatable bonds is 6. The van der Waals surface area contributed by atoms with Gasteiger partial charge in [0, 0.05) is 13.1 Å². The number of unbranched alkanes of at least 4 members (excludes halogenated alkanes) is 1. The fourth-order valence-corrected chi connectivity index (χ4v) is 3.54. The lowest BCUT2D eigenvalue weighted by Gasteiger charge is -2.23. The summed E-state index contributed by atoms with van der Waals surface area (Å²) in [6.45, 7) is 3.76. The minimum absolute atomic E-state index is 0.0420. The highest BCUT2D eigenvalue weighted by Crippen LogP contribution is 2.41. The maximum Gasteiger partial charge on any atom is 0.321 e. The molecule has 0 aromatic heterocycles. The maximum absolute atomic E-state index is 11.8. The fourth-order valence-electron chi connectivity index (χ4n) is 3.54. The Labute approximate surface area is 114 Å². The summed E-state index contributed by atoms with van der Waals surface area (Å²) in [5.74, 6) is -0.0825. The molecule has 2 aliphatic rings. The molecule has 2 rings (SSSR count). The average Bonchev–Trinajstić information content (AvgIpc) is 2.88. The molecular formula is C14H24N2O3. The van der Waals surface area contributed by atoms with Crippen LogP contribution < -0.4 is 5.32 Å². The number of hydrogen-bond acceptors (Lipinski definition) is 3. The van der Waals surface area contributed by atoms with E-state index < -0.39 is 12.0 Å². The number of nitrogens with zero attached hydrogens (tertiary/aromatic N) is 1. The van der Waals surface area contributed by atoms with Gasteiger partial charge in [0.15, 0.2) is 0 Å². The molecule has 2 N–H and O–H groups in total. The fraction of sp³-hybridized carbons (Fsp3) is 0.857. The van der Waals surface area contributed by atoms with E-state index >= 15 is 0 Å². The van der Waals surface area contributed by atoms with Gasteiger partial charge in [0.1, 0.15) is 6.04 Å². The van der Waals surface area contributed by atoms with Crippen molar-refractivity contribution in [1.82, 2.24) is 10.2 Å². The zero-order valence-electron chi connectivity index (χ0n) is 11.6. The Bertz CT molecular complexity index is 346. The van der Waals surface area contributed by atoms with Crippen LogP contribution in [-0.2, 0) is 9.59 Å². The van der Waals surface area contributed by atoms with Crippen molar-refractivity contribution in [3.63, 3.8) is 0 Å². The van der Waals surface area contributed by atoms with Crippen molar-refractivity contribution >= 4 is 11.9 Å². The van der Waals surface area contributed by atoms with Crippen molar-refractivity contribution in [1.29, 1.82) is 0 Å². The number of aliphatic carboxylic acids is 1. The molecule has 1 heterocycles. The molecule has 5 heteroatoms. The van der Waals surface area contributed by atoms with Crippen LogP contribution >= 0.6 is 0 Å². The molecule has 0 bridgehead atoms. The average molecular weight is 268 g/mol. The first-order chi connectivity index (χ1) is 9.13. The van der Waals surface area contributed by atoms with E-state index in [2.05, 4.69) is 12.2 Å². The zero-order valence-corrected chi connectivity index (χ0v) is 11.6. The topological polar surface area (TPSA) is 69.6 Å². The van der Waals surface area contributed by atoms with Gasteiger partial charge in [-0.2, -0.15) is 0 Å². The van der Waals surface area contributed by atoms with Crippen molar-refractivity contribution in [3.05, 3.63) is 0 Å². The number of amides is 1. The van der Waals surface area contributed by atoms with Crippen molar-refractivity contribution in [2.24, 2.45) is 11.8 Å². The predicted molar refractivity (Wildman–Crippen MR) is 71.7 cm³/mol. The van der Waals surface area contributed by atoms with Crippen molar-refractivity contribution in [2.75, 3.05) is 19.6 Å². The number of carbonyl (C=O) groups is 2. The second-order valence-corrected chi connectivity index (χ2v) is 5.77. The lowest BCUT2D eigenvalue weighted by Crippen LogP contribution is -2.45. The highest BCUT2D eigenvalue weighted by Gasteiger charge is 2.47. The Balaban J connectivity index is 1.88. The van der Waals surface area contributed by atoms with Gasteiger partial charge in [0.25, 0.3) is 0 Å². The first kappa shape index (κ1) is 14.3. The van der Waals surface area contributed by atoms with Gasteiger partial charge in [-0.1, -0.05) is 19.8 Å². The molecule has 108 valence electrons. The third kappa shape index (κ3) is 3.26. The van der Waals surface area contributed by atoms with Gasteiger partial charge in [-0.25, -0.2) is 0 Å². The van der Waals surface area contributed by atoms with E-state index in [9.17, 15) is 14.7 Å². The second-order valence-electron chi connectivity index (χ2n) is 5.77. The van der Waals surface area contributed by atoms with Crippen molar-refractivity contribution in [2.45, 2.75) is 45.1 Å². The Kier molecular flexibility index (Phi) is 4.80. The molecule has 3 unspecified atom stereocenters. The predicted octanol–water partition coefficient (Wildman–Crippen LogP) is 1.09. The van der Waals surface area contributed by atoms with Gasteiger partial charge in [-0.3, -0.25) is 14.5 Å². The van der Waals surface area contributed by atoms with Gasteiger partial charge in [0.05, 0.1) is 6.54 Å². The molecule has 1 amide bonds.